The summed E-state index contributed by atoms with van der Waals surface area (Å²) in [5.74, 6) is 1.07. The van der Waals surface area contributed by atoms with E-state index in [4.69, 9.17) is 26.2 Å². The molecular formula is C31H39ClN6O3Si. The molecule has 0 aliphatic carbocycles. The molecule has 1 saturated heterocycles. The van der Waals surface area contributed by atoms with Gasteiger partial charge in [-0.2, -0.15) is 5.10 Å². The number of piperidine rings is 1. The molecule has 0 spiro atoms. The molecule has 0 bridgehead atoms. The van der Waals surface area contributed by atoms with Crippen LogP contribution in [0.15, 0.2) is 67.0 Å². The molecule has 0 radical (unpaired) electrons. The van der Waals surface area contributed by atoms with E-state index in [1.54, 1.807) is 11.1 Å². The number of hydrogen-bond donors (Lipinski definition) is 0. The van der Waals surface area contributed by atoms with Crippen LogP contribution in [0.4, 0.5) is 16.3 Å². The standard InChI is InChI=1S/C31H39ClN6O3Si/c1-42(2,3)19-18-40-23-37-21-26-27(35-37)10-7-11-28(26)38(29-12-15-33-30(32)34-29)20-24-13-16-36(17-14-24)31(39)41-22-25-8-5-4-6-9-25/h4-12,15,21,24H,13-14,16-20,22-23H2,1-3H3. The second-order valence-corrected chi connectivity index (χ2v) is 18.0. The molecule has 4 aromatic rings. The highest BCUT2D eigenvalue weighted by molar-refractivity contribution is 6.76. The van der Waals surface area contributed by atoms with E-state index in [0.29, 0.717) is 25.7 Å². The number of carbonyl (C=O) groups is 1. The fourth-order valence-electron chi connectivity index (χ4n) is 5.07. The van der Waals surface area contributed by atoms with E-state index >= 15 is 0 Å². The maximum absolute atomic E-state index is 12.7. The number of anilines is 2. The predicted molar refractivity (Wildman–Crippen MR) is 169 cm³/mol. The summed E-state index contributed by atoms with van der Waals surface area (Å²) < 4.78 is 13.4. The molecule has 3 heterocycles. The van der Waals surface area contributed by atoms with Crippen molar-refractivity contribution in [3.8, 4) is 0 Å². The van der Waals surface area contributed by atoms with Crippen molar-refractivity contribution in [3.05, 3.63) is 77.8 Å². The highest BCUT2D eigenvalue weighted by Gasteiger charge is 2.27. The van der Waals surface area contributed by atoms with Gasteiger partial charge in [0.15, 0.2) is 0 Å². The van der Waals surface area contributed by atoms with E-state index in [-0.39, 0.29) is 18.0 Å². The van der Waals surface area contributed by atoms with Crippen molar-refractivity contribution in [3.63, 3.8) is 0 Å². The Hall–Kier alpha value is -3.47. The molecule has 2 aromatic carbocycles. The Morgan fingerprint density at radius 2 is 1.86 bits per heavy atom. The van der Waals surface area contributed by atoms with Crippen LogP contribution in [-0.2, 0) is 22.8 Å². The monoisotopic (exact) mass is 606 g/mol. The highest BCUT2D eigenvalue weighted by atomic mass is 35.5. The van der Waals surface area contributed by atoms with Gasteiger partial charge in [-0.05, 0) is 60.2 Å². The molecule has 0 unspecified atom stereocenters. The van der Waals surface area contributed by atoms with E-state index in [2.05, 4.69) is 40.6 Å². The van der Waals surface area contributed by atoms with Gasteiger partial charge in [-0.1, -0.05) is 56.0 Å². The van der Waals surface area contributed by atoms with E-state index in [9.17, 15) is 4.79 Å². The van der Waals surface area contributed by atoms with Gasteiger partial charge in [0, 0.05) is 52.1 Å². The second kappa shape index (κ2) is 13.7. The number of benzene rings is 2. The summed E-state index contributed by atoms with van der Waals surface area (Å²) in [6, 6.07) is 18.9. The molecule has 2 aromatic heterocycles. The number of aromatic nitrogens is 4. The van der Waals surface area contributed by atoms with Gasteiger partial charge in [0.25, 0.3) is 0 Å². The molecule has 5 rings (SSSR count). The molecule has 0 saturated carbocycles. The van der Waals surface area contributed by atoms with Crippen LogP contribution in [0.5, 0.6) is 0 Å². The summed E-state index contributed by atoms with van der Waals surface area (Å²) >= 11 is 6.24. The fraction of sp³-hybridized carbons (Fsp3) is 0.419. The first kappa shape index (κ1) is 30.0. The first-order chi connectivity index (χ1) is 20.2. The van der Waals surface area contributed by atoms with Gasteiger partial charge in [-0.3, -0.25) is 0 Å². The third-order valence-electron chi connectivity index (χ3n) is 7.49. The number of likely N-dealkylation sites (tertiary alicyclic amines) is 1. The van der Waals surface area contributed by atoms with Crippen molar-refractivity contribution in [2.45, 2.75) is 51.9 Å². The Morgan fingerprint density at radius 1 is 1.07 bits per heavy atom. The van der Waals surface area contributed by atoms with Crippen LogP contribution in [-0.4, -0.2) is 65.1 Å². The maximum atomic E-state index is 12.7. The summed E-state index contributed by atoms with van der Waals surface area (Å²) in [5, 5.41) is 5.99. The number of rotatable bonds is 11. The number of fused-ring (bicyclic) bond motifs is 1. The average molecular weight is 607 g/mol. The van der Waals surface area contributed by atoms with Crippen LogP contribution in [0.3, 0.4) is 0 Å². The predicted octanol–water partition coefficient (Wildman–Crippen LogP) is 6.98. The Labute approximate surface area is 253 Å². The van der Waals surface area contributed by atoms with E-state index in [0.717, 1.165) is 60.0 Å². The van der Waals surface area contributed by atoms with Gasteiger partial charge in [0.05, 0.1) is 11.2 Å². The van der Waals surface area contributed by atoms with Crippen molar-refractivity contribution in [1.29, 1.82) is 0 Å². The average Bonchev–Trinajstić information content (AvgIpc) is 3.41. The first-order valence-electron chi connectivity index (χ1n) is 14.5. The zero-order valence-corrected chi connectivity index (χ0v) is 26.3. The smallest absolute Gasteiger partial charge is 0.410 e. The lowest BCUT2D eigenvalue weighted by atomic mass is 9.96. The summed E-state index contributed by atoms with van der Waals surface area (Å²) in [5.41, 5.74) is 2.87. The third-order valence-corrected chi connectivity index (χ3v) is 9.38. The highest BCUT2D eigenvalue weighted by Crippen LogP contribution is 2.34. The van der Waals surface area contributed by atoms with Crippen molar-refractivity contribution in [1.82, 2.24) is 24.6 Å². The van der Waals surface area contributed by atoms with Gasteiger partial charge in [0.2, 0.25) is 5.28 Å². The largest absolute Gasteiger partial charge is 0.445 e. The minimum Gasteiger partial charge on any atom is -0.445 e. The Kier molecular flexibility index (Phi) is 9.76. The molecule has 42 heavy (non-hydrogen) atoms. The van der Waals surface area contributed by atoms with Crippen LogP contribution >= 0.6 is 11.6 Å². The summed E-state index contributed by atoms with van der Waals surface area (Å²) in [6.07, 6.45) is 5.17. The number of nitrogens with zero attached hydrogens (tertiary/aromatic N) is 6. The molecule has 9 nitrogen and oxygen atoms in total. The number of carbonyl (C=O) groups excluding carboxylic acids is 1. The summed E-state index contributed by atoms with van der Waals surface area (Å²) in [7, 11) is -1.16. The van der Waals surface area contributed by atoms with Gasteiger partial charge in [-0.25, -0.2) is 19.4 Å². The van der Waals surface area contributed by atoms with Crippen LogP contribution in [0.1, 0.15) is 18.4 Å². The molecule has 0 N–H and O–H groups in total. The lowest BCUT2D eigenvalue weighted by Crippen LogP contribution is -2.41. The zero-order chi connectivity index (χ0) is 29.5. The molecule has 0 atom stereocenters. The number of amides is 1. The number of ether oxygens (including phenoxy) is 2. The SMILES string of the molecule is C[Si](C)(C)CCOCn1cc2c(N(CC3CCN(C(=O)OCc4ccccc4)CC3)c3ccnc(Cl)n3)cccc2n1. The van der Waals surface area contributed by atoms with E-state index in [1.807, 2.05) is 59.4 Å². The minimum atomic E-state index is -1.16. The Bertz CT molecular complexity index is 1470. The quantitative estimate of drug-likeness (QED) is 0.103. The van der Waals surface area contributed by atoms with Gasteiger partial charge in [0.1, 0.15) is 19.2 Å². The van der Waals surface area contributed by atoms with Gasteiger partial charge < -0.3 is 19.3 Å². The fourth-order valence-corrected chi connectivity index (χ4v) is 5.97. The normalized spacial score (nSPS) is 14.3. The molecule has 1 amide bonds. The van der Waals surface area contributed by atoms with Crippen molar-refractivity contribution in [2.75, 3.05) is 31.1 Å². The molecule has 222 valence electrons. The maximum Gasteiger partial charge on any atom is 0.410 e. The van der Waals surface area contributed by atoms with Crippen molar-refractivity contribution < 1.29 is 14.3 Å². The van der Waals surface area contributed by atoms with Crippen LogP contribution in [0.25, 0.3) is 10.9 Å². The van der Waals surface area contributed by atoms with Crippen LogP contribution < -0.4 is 4.90 Å². The molecule has 1 aliphatic rings. The molecule has 1 fully saturated rings. The lowest BCUT2D eigenvalue weighted by Gasteiger charge is -2.35. The van der Waals surface area contributed by atoms with Crippen molar-refractivity contribution in [2.24, 2.45) is 5.92 Å². The third kappa shape index (κ3) is 8.08. The Morgan fingerprint density at radius 3 is 2.60 bits per heavy atom. The first-order valence-corrected chi connectivity index (χ1v) is 18.6. The topological polar surface area (TPSA) is 85.6 Å². The lowest BCUT2D eigenvalue weighted by molar-refractivity contribution is 0.0791. The summed E-state index contributed by atoms with van der Waals surface area (Å²) in [6.45, 7) is 10.5. The molecule has 11 heteroatoms. The minimum absolute atomic E-state index is 0.201. The number of halogens is 1. The second-order valence-electron chi connectivity index (χ2n) is 12.0. The Balaban J connectivity index is 1.27. The molecule has 1 aliphatic heterocycles. The van der Waals surface area contributed by atoms with E-state index in [1.165, 1.54) is 0 Å². The van der Waals surface area contributed by atoms with Crippen LogP contribution in [0.2, 0.25) is 31.0 Å². The van der Waals surface area contributed by atoms with Gasteiger partial charge in [-0.15, -0.1) is 0 Å². The number of hydrogen-bond acceptors (Lipinski definition) is 7. The van der Waals surface area contributed by atoms with Crippen LogP contribution in [0, 0.1) is 5.92 Å². The van der Waals surface area contributed by atoms with E-state index < -0.39 is 8.07 Å². The van der Waals surface area contributed by atoms with Crippen molar-refractivity contribution >= 4 is 48.2 Å². The zero-order valence-electron chi connectivity index (χ0n) is 24.6. The molecular weight excluding hydrogens is 568 g/mol. The summed E-state index contributed by atoms with van der Waals surface area (Å²) in [4.78, 5) is 25.4. The van der Waals surface area contributed by atoms with Gasteiger partial charge >= 0.3 is 6.09 Å².